The van der Waals surface area contributed by atoms with E-state index in [1.54, 1.807) is 18.2 Å². The Morgan fingerprint density at radius 2 is 2.00 bits per heavy atom. The summed E-state index contributed by atoms with van der Waals surface area (Å²) in [5.41, 5.74) is 0.579. The third-order valence-corrected chi connectivity index (χ3v) is 2.99. The predicted octanol–water partition coefficient (Wildman–Crippen LogP) is 3.83. The van der Waals surface area contributed by atoms with Crippen LogP contribution >= 0.6 is 0 Å². The van der Waals surface area contributed by atoms with Crippen molar-refractivity contribution < 1.29 is 19.7 Å². The molecule has 4 nitrogen and oxygen atoms in total. The Balaban J connectivity index is 2.64. The fourth-order valence-corrected chi connectivity index (χ4v) is 1.81. The molecule has 21 heavy (non-hydrogen) atoms. The molecule has 1 aromatic carbocycles. The highest BCUT2D eigenvalue weighted by molar-refractivity contribution is 6.02. The van der Waals surface area contributed by atoms with E-state index in [4.69, 9.17) is 4.74 Å². The molecule has 114 valence electrons. The molecule has 1 rings (SSSR count). The number of carbonyl (C=O) groups is 1. The number of carbonyl (C=O) groups excluding carboxylic acids is 1. The number of aromatic hydroxyl groups is 2. The fraction of sp³-hybridized carbons (Fsp3) is 0.353. The van der Waals surface area contributed by atoms with Crippen LogP contribution < -0.4 is 4.74 Å². The number of ketones is 1. The van der Waals surface area contributed by atoms with Crippen LogP contribution in [0.1, 0.15) is 38.2 Å². The summed E-state index contributed by atoms with van der Waals surface area (Å²) in [5, 5.41) is 19.0. The van der Waals surface area contributed by atoms with E-state index < -0.39 is 0 Å². The quantitative estimate of drug-likeness (QED) is 0.434. The Morgan fingerprint density at radius 1 is 1.24 bits per heavy atom. The molecule has 0 aliphatic rings. The maximum absolute atomic E-state index is 11.6. The monoisotopic (exact) mass is 290 g/mol. The van der Waals surface area contributed by atoms with Crippen LogP contribution in [0.15, 0.2) is 30.4 Å². The SMILES string of the molecule is CCCCC/C=C\C(=O)/C=C/c1cc(O)c(O)c(OC)c1. The van der Waals surface area contributed by atoms with E-state index in [1.807, 2.05) is 6.08 Å². The molecule has 0 aromatic heterocycles. The minimum atomic E-state index is -0.309. The molecule has 0 unspecified atom stereocenters. The van der Waals surface area contributed by atoms with Crippen LogP contribution in [-0.4, -0.2) is 23.1 Å². The molecule has 0 atom stereocenters. The summed E-state index contributed by atoms with van der Waals surface area (Å²) in [7, 11) is 1.40. The highest BCUT2D eigenvalue weighted by Gasteiger charge is 2.08. The first-order chi connectivity index (χ1) is 10.1. The Morgan fingerprint density at radius 3 is 2.67 bits per heavy atom. The average molecular weight is 290 g/mol. The Kier molecular flexibility index (Phi) is 7.09. The second kappa shape index (κ2) is 8.84. The summed E-state index contributed by atoms with van der Waals surface area (Å²) in [4.78, 5) is 11.6. The second-order valence-corrected chi connectivity index (χ2v) is 4.72. The average Bonchev–Trinajstić information content (AvgIpc) is 2.48. The molecule has 4 heteroatoms. The standard InChI is InChI=1S/C17H22O4/c1-3-4-5-6-7-8-14(18)10-9-13-11-15(19)17(20)16(12-13)21-2/h7-12,19-20H,3-6H2,1-2H3/b8-7-,10-9+. The van der Waals surface area contributed by atoms with Gasteiger partial charge in [0.25, 0.3) is 0 Å². The summed E-state index contributed by atoms with van der Waals surface area (Å²) >= 11 is 0. The molecule has 0 radical (unpaired) electrons. The van der Waals surface area contributed by atoms with Crippen molar-refractivity contribution in [1.82, 2.24) is 0 Å². The zero-order valence-corrected chi connectivity index (χ0v) is 12.5. The van der Waals surface area contributed by atoms with Crippen molar-refractivity contribution in [1.29, 1.82) is 0 Å². The van der Waals surface area contributed by atoms with Crippen LogP contribution in [0.25, 0.3) is 6.08 Å². The van der Waals surface area contributed by atoms with Crippen molar-refractivity contribution in [3.8, 4) is 17.2 Å². The van der Waals surface area contributed by atoms with Gasteiger partial charge in [-0.05, 0) is 42.7 Å². The topological polar surface area (TPSA) is 66.8 Å². The van der Waals surface area contributed by atoms with Gasteiger partial charge in [0.1, 0.15) is 0 Å². The van der Waals surface area contributed by atoms with Crippen molar-refractivity contribution in [3.05, 3.63) is 35.9 Å². The number of hydrogen-bond acceptors (Lipinski definition) is 4. The predicted molar refractivity (Wildman–Crippen MR) is 83.6 cm³/mol. The molecule has 0 saturated heterocycles. The lowest BCUT2D eigenvalue weighted by Crippen LogP contribution is -1.87. The van der Waals surface area contributed by atoms with Gasteiger partial charge in [0.2, 0.25) is 5.75 Å². The van der Waals surface area contributed by atoms with E-state index >= 15 is 0 Å². The van der Waals surface area contributed by atoms with Crippen LogP contribution in [0, 0.1) is 0 Å². The smallest absolute Gasteiger partial charge is 0.200 e. The molecular formula is C17H22O4. The number of benzene rings is 1. The fourth-order valence-electron chi connectivity index (χ4n) is 1.81. The number of phenols is 2. The van der Waals surface area contributed by atoms with Crippen LogP contribution in [-0.2, 0) is 4.79 Å². The molecule has 0 fully saturated rings. The molecular weight excluding hydrogens is 268 g/mol. The van der Waals surface area contributed by atoms with Crippen molar-refractivity contribution in [2.45, 2.75) is 32.6 Å². The second-order valence-electron chi connectivity index (χ2n) is 4.72. The van der Waals surface area contributed by atoms with Gasteiger partial charge >= 0.3 is 0 Å². The summed E-state index contributed by atoms with van der Waals surface area (Å²) < 4.78 is 4.93. The maximum Gasteiger partial charge on any atom is 0.200 e. The number of methoxy groups -OCH3 is 1. The number of allylic oxidation sites excluding steroid dienone is 3. The van der Waals surface area contributed by atoms with Crippen LogP contribution in [0.3, 0.4) is 0 Å². The van der Waals surface area contributed by atoms with Crippen LogP contribution in [0.4, 0.5) is 0 Å². The third kappa shape index (κ3) is 5.73. The number of rotatable bonds is 8. The van der Waals surface area contributed by atoms with Crippen molar-refractivity contribution in [2.24, 2.45) is 0 Å². The molecule has 0 aliphatic carbocycles. The van der Waals surface area contributed by atoms with E-state index in [1.165, 1.54) is 25.7 Å². The lowest BCUT2D eigenvalue weighted by Gasteiger charge is -2.06. The number of unbranched alkanes of at least 4 members (excludes halogenated alkanes) is 3. The van der Waals surface area contributed by atoms with Gasteiger partial charge in [-0.1, -0.05) is 31.9 Å². The molecule has 0 saturated carbocycles. The molecule has 0 bridgehead atoms. The molecule has 2 N–H and O–H groups in total. The minimum absolute atomic E-state index is 0.113. The lowest BCUT2D eigenvalue weighted by molar-refractivity contribution is -0.110. The highest BCUT2D eigenvalue weighted by Crippen LogP contribution is 2.36. The van der Waals surface area contributed by atoms with Gasteiger partial charge in [-0.3, -0.25) is 4.79 Å². The van der Waals surface area contributed by atoms with Gasteiger partial charge in [0, 0.05) is 0 Å². The number of phenolic OH excluding ortho intramolecular Hbond substituents is 2. The molecule has 0 aliphatic heterocycles. The number of hydrogen-bond donors (Lipinski definition) is 2. The van der Waals surface area contributed by atoms with E-state index in [2.05, 4.69) is 6.92 Å². The first kappa shape index (κ1) is 16.8. The number of ether oxygens (including phenoxy) is 1. The largest absolute Gasteiger partial charge is 0.504 e. The Hall–Kier alpha value is -2.23. The van der Waals surface area contributed by atoms with Gasteiger partial charge in [0.05, 0.1) is 7.11 Å². The van der Waals surface area contributed by atoms with Gasteiger partial charge in [-0.15, -0.1) is 0 Å². The lowest BCUT2D eigenvalue weighted by atomic mass is 10.1. The summed E-state index contributed by atoms with van der Waals surface area (Å²) in [6, 6.07) is 2.91. The maximum atomic E-state index is 11.6. The Bertz CT molecular complexity index is 530. The van der Waals surface area contributed by atoms with E-state index in [-0.39, 0.29) is 23.0 Å². The first-order valence-electron chi connectivity index (χ1n) is 7.07. The van der Waals surface area contributed by atoms with Gasteiger partial charge in [-0.25, -0.2) is 0 Å². The van der Waals surface area contributed by atoms with Crippen molar-refractivity contribution >= 4 is 11.9 Å². The van der Waals surface area contributed by atoms with Gasteiger partial charge in [0.15, 0.2) is 17.3 Å². The molecule has 0 heterocycles. The zero-order valence-electron chi connectivity index (χ0n) is 12.5. The summed E-state index contributed by atoms with van der Waals surface area (Å²) in [6.07, 6.45) is 10.7. The minimum Gasteiger partial charge on any atom is -0.504 e. The third-order valence-electron chi connectivity index (χ3n) is 2.99. The highest BCUT2D eigenvalue weighted by atomic mass is 16.5. The van der Waals surface area contributed by atoms with Crippen molar-refractivity contribution in [2.75, 3.05) is 7.11 Å². The normalized spacial score (nSPS) is 11.3. The zero-order chi connectivity index (χ0) is 15.7. The van der Waals surface area contributed by atoms with Gasteiger partial charge in [-0.2, -0.15) is 0 Å². The molecule has 1 aromatic rings. The first-order valence-corrected chi connectivity index (χ1v) is 7.07. The van der Waals surface area contributed by atoms with Crippen LogP contribution in [0.2, 0.25) is 0 Å². The summed E-state index contributed by atoms with van der Waals surface area (Å²) in [5.74, 6) is -0.538. The Labute approximate surface area is 125 Å². The summed E-state index contributed by atoms with van der Waals surface area (Å²) in [6.45, 7) is 2.14. The van der Waals surface area contributed by atoms with Gasteiger partial charge < -0.3 is 14.9 Å². The van der Waals surface area contributed by atoms with Crippen molar-refractivity contribution in [3.63, 3.8) is 0 Å². The van der Waals surface area contributed by atoms with Crippen LogP contribution in [0.5, 0.6) is 17.2 Å². The molecule has 0 amide bonds. The van der Waals surface area contributed by atoms with E-state index in [0.29, 0.717) is 5.56 Å². The molecule has 0 spiro atoms. The van der Waals surface area contributed by atoms with E-state index in [0.717, 1.165) is 19.3 Å². The van der Waals surface area contributed by atoms with E-state index in [9.17, 15) is 15.0 Å².